The summed E-state index contributed by atoms with van der Waals surface area (Å²) in [5.74, 6) is -0.700. The van der Waals surface area contributed by atoms with E-state index >= 15 is 0 Å². The van der Waals surface area contributed by atoms with E-state index < -0.39 is 27.7 Å². The number of hydrogen-bond donors (Lipinski definition) is 0. The molecule has 194 valence electrons. The highest BCUT2D eigenvalue weighted by Crippen LogP contribution is 2.40. The summed E-state index contributed by atoms with van der Waals surface area (Å²) in [4.78, 5) is 13.1. The molecule has 0 atom stereocenters. The van der Waals surface area contributed by atoms with Crippen LogP contribution in [0, 0.1) is 0 Å². The van der Waals surface area contributed by atoms with Crippen molar-refractivity contribution in [3.63, 3.8) is 0 Å². The van der Waals surface area contributed by atoms with Gasteiger partial charge in [0.05, 0.1) is 38.3 Å². The first kappa shape index (κ1) is 27.2. The highest BCUT2D eigenvalue weighted by atomic mass is 35.5. The molecular formula is C24H17Cl2F3N2O4S2. The van der Waals surface area contributed by atoms with E-state index in [9.17, 15) is 26.4 Å². The van der Waals surface area contributed by atoms with Gasteiger partial charge >= 0.3 is 12.1 Å². The van der Waals surface area contributed by atoms with Gasteiger partial charge in [0.2, 0.25) is 0 Å². The second-order valence-corrected chi connectivity index (χ2v) is 11.8. The Labute approximate surface area is 224 Å². The molecule has 0 saturated heterocycles. The smallest absolute Gasteiger partial charge is 0.435 e. The fourth-order valence-corrected chi connectivity index (χ4v) is 5.49. The molecule has 0 fully saturated rings. The molecule has 37 heavy (non-hydrogen) atoms. The molecule has 0 amide bonds. The quantitative estimate of drug-likeness (QED) is 0.223. The van der Waals surface area contributed by atoms with Crippen molar-refractivity contribution in [3.8, 4) is 26.7 Å². The van der Waals surface area contributed by atoms with Crippen LogP contribution in [0.15, 0.2) is 59.5 Å². The average Bonchev–Trinajstić information content (AvgIpc) is 3.47. The van der Waals surface area contributed by atoms with Crippen molar-refractivity contribution in [1.82, 2.24) is 9.78 Å². The van der Waals surface area contributed by atoms with E-state index in [0.717, 1.165) is 28.3 Å². The maximum atomic E-state index is 13.6. The van der Waals surface area contributed by atoms with Crippen LogP contribution < -0.4 is 0 Å². The van der Waals surface area contributed by atoms with Gasteiger partial charge in [-0.2, -0.15) is 18.3 Å². The van der Waals surface area contributed by atoms with Crippen LogP contribution in [-0.2, 0) is 20.8 Å². The van der Waals surface area contributed by atoms with Gasteiger partial charge in [-0.3, -0.25) is 0 Å². The SMILES string of the molecule is CCOC(=O)c1cc(-c2ccc(-c3cc(C(F)(F)F)nn3-c3cc(Cl)ccc3Cl)s2)cc(S(C)(=O)=O)c1. The molecule has 0 spiro atoms. The highest BCUT2D eigenvalue weighted by Gasteiger charge is 2.36. The summed E-state index contributed by atoms with van der Waals surface area (Å²) in [5.41, 5.74) is -0.469. The number of aromatic nitrogens is 2. The topological polar surface area (TPSA) is 78.3 Å². The number of thiophene rings is 1. The van der Waals surface area contributed by atoms with Gasteiger partial charge in [-0.15, -0.1) is 11.3 Å². The Bertz CT molecular complexity index is 1610. The third-order valence-electron chi connectivity index (χ3n) is 5.12. The molecule has 2 aromatic heterocycles. The van der Waals surface area contributed by atoms with Gasteiger partial charge in [-0.05, 0) is 67.1 Å². The number of hydrogen-bond acceptors (Lipinski definition) is 6. The number of nitrogens with zero attached hydrogens (tertiary/aromatic N) is 2. The monoisotopic (exact) mass is 588 g/mol. The number of sulfone groups is 1. The van der Waals surface area contributed by atoms with Gasteiger partial charge in [0.25, 0.3) is 0 Å². The first-order valence-corrected chi connectivity index (χ1v) is 14.0. The Morgan fingerprint density at radius 2 is 1.76 bits per heavy atom. The average molecular weight is 589 g/mol. The van der Waals surface area contributed by atoms with E-state index in [2.05, 4.69) is 5.10 Å². The van der Waals surface area contributed by atoms with Crippen LogP contribution in [-0.4, -0.2) is 37.0 Å². The summed E-state index contributed by atoms with van der Waals surface area (Å²) in [7, 11) is -3.68. The molecule has 0 bridgehead atoms. The lowest BCUT2D eigenvalue weighted by Crippen LogP contribution is -2.07. The van der Waals surface area contributed by atoms with Crippen LogP contribution in [0.4, 0.5) is 13.2 Å². The molecule has 0 saturated carbocycles. The summed E-state index contributed by atoms with van der Waals surface area (Å²) < 4.78 is 71.3. The van der Waals surface area contributed by atoms with Crippen LogP contribution in [0.3, 0.4) is 0 Å². The summed E-state index contributed by atoms with van der Waals surface area (Å²) in [6.45, 7) is 1.72. The minimum absolute atomic E-state index is 0.0323. The van der Waals surface area contributed by atoms with E-state index in [1.54, 1.807) is 19.1 Å². The van der Waals surface area contributed by atoms with Crippen LogP contribution in [0.5, 0.6) is 0 Å². The lowest BCUT2D eigenvalue weighted by Gasteiger charge is -2.09. The Morgan fingerprint density at radius 3 is 2.41 bits per heavy atom. The van der Waals surface area contributed by atoms with E-state index in [1.807, 2.05) is 0 Å². The molecule has 2 heterocycles. The van der Waals surface area contributed by atoms with Crippen LogP contribution in [0.25, 0.3) is 26.7 Å². The third kappa shape index (κ3) is 5.85. The second kappa shape index (κ2) is 10.1. The number of esters is 1. The minimum atomic E-state index is -4.72. The summed E-state index contributed by atoms with van der Waals surface area (Å²) in [5, 5.41) is 4.12. The number of carbonyl (C=O) groups excluding carboxylic acids is 1. The normalized spacial score (nSPS) is 12.1. The minimum Gasteiger partial charge on any atom is -0.462 e. The van der Waals surface area contributed by atoms with Crippen molar-refractivity contribution < 1.29 is 31.1 Å². The number of rotatable bonds is 6. The fourth-order valence-electron chi connectivity index (χ4n) is 3.45. The summed E-state index contributed by atoms with van der Waals surface area (Å²) >= 11 is 13.4. The Kier molecular flexibility index (Phi) is 7.44. The standard InChI is InChI=1S/C24H17Cl2F3N2O4S2/c1-3-35-23(32)14-8-13(9-16(10-14)37(2,33)34)20-6-7-21(36-20)19-12-22(24(27,28)29)30-31(19)18-11-15(25)4-5-17(18)26/h4-12H,3H2,1-2H3. The molecule has 0 aliphatic carbocycles. The zero-order chi connectivity index (χ0) is 27.1. The first-order valence-electron chi connectivity index (χ1n) is 10.5. The molecule has 0 N–H and O–H groups in total. The number of benzene rings is 2. The Hall–Kier alpha value is -2.86. The molecule has 4 aromatic rings. The van der Waals surface area contributed by atoms with Crippen molar-refractivity contribution in [3.05, 3.63) is 75.9 Å². The third-order valence-corrected chi connectivity index (χ3v) is 7.93. The van der Waals surface area contributed by atoms with E-state index in [4.69, 9.17) is 27.9 Å². The largest absolute Gasteiger partial charge is 0.462 e. The Balaban J connectivity index is 1.87. The number of carbonyl (C=O) groups is 1. The van der Waals surface area contributed by atoms with E-state index in [0.29, 0.717) is 15.3 Å². The van der Waals surface area contributed by atoms with Gasteiger partial charge in [0.1, 0.15) is 0 Å². The van der Waals surface area contributed by atoms with E-state index in [-0.39, 0.29) is 38.5 Å². The maximum absolute atomic E-state index is 13.6. The van der Waals surface area contributed by atoms with Gasteiger partial charge in [0.15, 0.2) is 15.5 Å². The van der Waals surface area contributed by atoms with Gasteiger partial charge < -0.3 is 4.74 Å². The summed E-state index contributed by atoms with van der Waals surface area (Å²) in [6.07, 6.45) is -3.71. The maximum Gasteiger partial charge on any atom is 0.435 e. The molecule has 2 aromatic carbocycles. The predicted octanol–water partition coefficient (Wildman–Crippen LogP) is 7.17. The van der Waals surface area contributed by atoms with Crippen molar-refractivity contribution >= 4 is 50.3 Å². The molecule has 0 radical (unpaired) electrons. The van der Waals surface area contributed by atoms with Gasteiger partial charge in [-0.25, -0.2) is 17.9 Å². The van der Waals surface area contributed by atoms with Crippen molar-refractivity contribution in [1.29, 1.82) is 0 Å². The summed E-state index contributed by atoms with van der Waals surface area (Å²) in [6, 6.07) is 12.5. The van der Waals surface area contributed by atoms with Gasteiger partial charge in [0, 0.05) is 16.2 Å². The molecule has 13 heteroatoms. The van der Waals surface area contributed by atoms with Crippen LogP contribution >= 0.6 is 34.5 Å². The second-order valence-electron chi connectivity index (χ2n) is 7.82. The van der Waals surface area contributed by atoms with Crippen molar-refractivity contribution in [2.24, 2.45) is 0 Å². The number of alkyl halides is 3. The molecule has 0 aliphatic heterocycles. The predicted molar refractivity (Wildman–Crippen MR) is 136 cm³/mol. The zero-order valence-corrected chi connectivity index (χ0v) is 22.3. The molecule has 0 aliphatic rings. The van der Waals surface area contributed by atoms with Crippen molar-refractivity contribution in [2.45, 2.75) is 18.0 Å². The Morgan fingerprint density at radius 1 is 1.05 bits per heavy atom. The molecule has 0 unspecified atom stereocenters. The van der Waals surface area contributed by atoms with E-state index in [1.165, 1.54) is 36.4 Å². The fraction of sp³-hybridized carbons (Fsp3) is 0.167. The number of ether oxygens (including phenoxy) is 1. The number of halogens is 5. The lowest BCUT2D eigenvalue weighted by atomic mass is 10.1. The lowest BCUT2D eigenvalue weighted by molar-refractivity contribution is -0.141. The molecule has 6 nitrogen and oxygen atoms in total. The van der Waals surface area contributed by atoms with Gasteiger partial charge in [-0.1, -0.05) is 23.2 Å². The van der Waals surface area contributed by atoms with Crippen molar-refractivity contribution in [2.75, 3.05) is 12.9 Å². The van der Waals surface area contributed by atoms with Crippen LogP contribution in [0.1, 0.15) is 23.0 Å². The molecule has 4 rings (SSSR count). The first-order chi connectivity index (χ1) is 17.3. The van der Waals surface area contributed by atoms with Crippen LogP contribution in [0.2, 0.25) is 10.0 Å². The molecular weight excluding hydrogens is 572 g/mol. The zero-order valence-electron chi connectivity index (χ0n) is 19.1. The highest BCUT2D eigenvalue weighted by molar-refractivity contribution is 7.90.